The van der Waals surface area contributed by atoms with Gasteiger partial charge in [-0.1, -0.05) is 24.3 Å². The van der Waals surface area contributed by atoms with E-state index in [0.717, 1.165) is 44.3 Å². The lowest BCUT2D eigenvalue weighted by molar-refractivity contribution is -0.124. The second-order valence-corrected chi connectivity index (χ2v) is 8.73. The molecule has 5 aliphatic rings. The van der Waals surface area contributed by atoms with E-state index in [4.69, 9.17) is 0 Å². The van der Waals surface area contributed by atoms with E-state index in [0.29, 0.717) is 12.2 Å². The summed E-state index contributed by atoms with van der Waals surface area (Å²) in [5.41, 5.74) is 1.59. The highest BCUT2D eigenvalue weighted by Crippen LogP contribution is 2.50. The number of hydrogen-bond acceptors (Lipinski definition) is 3. The van der Waals surface area contributed by atoms with Gasteiger partial charge in [0.05, 0.1) is 17.5 Å². The van der Waals surface area contributed by atoms with E-state index in [2.05, 4.69) is 17.5 Å². The molecule has 1 aromatic carbocycles. The lowest BCUT2D eigenvalue weighted by Crippen LogP contribution is -2.42. The van der Waals surface area contributed by atoms with Crippen LogP contribution in [0.2, 0.25) is 0 Å². The second kappa shape index (κ2) is 7.32. The average Bonchev–Trinajstić information content (AvgIpc) is 3.06. The average molecular weight is 393 g/mol. The molecule has 2 saturated heterocycles. The highest BCUT2D eigenvalue weighted by Gasteiger charge is 2.56. The van der Waals surface area contributed by atoms with Crippen molar-refractivity contribution in [3.05, 3.63) is 42.0 Å². The molecule has 4 atom stereocenters. The smallest absolute Gasteiger partial charge is 0.317 e. The third kappa shape index (κ3) is 3.15. The van der Waals surface area contributed by atoms with E-state index < -0.39 is 0 Å². The van der Waals surface area contributed by atoms with Crippen LogP contribution in [0.15, 0.2) is 36.4 Å². The third-order valence-corrected chi connectivity index (χ3v) is 7.04. The quantitative estimate of drug-likeness (QED) is 0.634. The van der Waals surface area contributed by atoms with Gasteiger partial charge >= 0.3 is 6.03 Å². The van der Waals surface area contributed by atoms with Gasteiger partial charge in [0.1, 0.15) is 0 Å². The molecule has 29 heavy (non-hydrogen) atoms. The van der Waals surface area contributed by atoms with Gasteiger partial charge in [-0.25, -0.2) is 4.79 Å². The maximum absolute atomic E-state index is 13.0. The summed E-state index contributed by atoms with van der Waals surface area (Å²) in [4.78, 5) is 41.6. The molecule has 1 aromatic rings. The van der Waals surface area contributed by atoms with Crippen LogP contribution < -0.4 is 10.2 Å². The van der Waals surface area contributed by atoms with Crippen LogP contribution in [-0.4, -0.2) is 35.8 Å². The Balaban J connectivity index is 1.25. The van der Waals surface area contributed by atoms with Gasteiger partial charge in [0.15, 0.2) is 0 Å². The van der Waals surface area contributed by atoms with Crippen LogP contribution in [0.1, 0.15) is 37.7 Å². The fraction of sp³-hybridized carbons (Fsp3) is 0.522. The normalized spacial score (nSPS) is 30.6. The van der Waals surface area contributed by atoms with E-state index >= 15 is 0 Å². The van der Waals surface area contributed by atoms with Crippen molar-refractivity contribution in [3.63, 3.8) is 0 Å². The molecule has 4 unspecified atom stereocenters. The number of anilines is 1. The minimum atomic E-state index is -0.185. The maximum Gasteiger partial charge on any atom is 0.317 e. The summed E-state index contributed by atoms with van der Waals surface area (Å²) in [5, 5.41) is 2.97. The lowest BCUT2D eigenvalue weighted by atomic mass is 9.63. The van der Waals surface area contributed by atoms with Crippen LogP contribution in [0.5, 0.6) is 0 Å². The number of benzene rings is 1. The van der Waals surface area contributed by atoms with Crippen molar-refractivity contribution in [2.75, 3.05) is 18.0 Å². The van der Waals surface area contributed by atoms with Gasteiger partial charge in [-0.15, -0.1) is 0 Å². The summed E-state index contributed by atoms with van der Waals surface area (Å²) in [6.45, 7) is 2.09. The number of nitrogens with zero attached hydrogens (tertiary/aromatic N) is 2. The Bertz CT molecular complexity index is 825. The number of nitrogens with one attached hydrogen (secondary N) is 1. The van der Waals surface area contributed by atoms with Crippen LogP contribution in [0, 0.1) is 23.7 Å². The zero-order valence-corrected chi connectivity index (χ0v) is 16.5. The molecule has 152 valence electrons. The number of likely N-dealkylation sites (tertiary alicyclic amines) is 1. The van der Waals surface area contributed by atoms with Crippen molar-refractivity contribution < 1.29 is 14.4 Å². The van der Waals surface area contributed by atoms with Gasteiger partial charge in [-0.05, 0) is 61.6 Å². The molecule has 0 aromatic heterocycles. The third-order valence-electron chi connectivity index (χ3n) is 7.04. The van der Waals surface area contributed by atoms with Crippen LogP contribution >= 0.6 is 0 Å². The number of imide groups is 1. The van der Waals surface area contributed by atoms with E-state index in [9.17, 15) is 14.4 Å². The molecule has 3 fully saturated rings. The van der Waals surface area contributed by atoms with Gasteiger partial charge in [-0.3, -0.25) is 14.5 Å². The zero-order chi connectivity index (χ0) is 20.0. The first-order valence-electron chi connectivity index (χ1n) is 10.8. The maximum atomic E-state index is 13.0. The Hall–Kier alpha value is -2.63. The molecule has 0 radical (unpaired) electrons. The molecule has 6 nitrogen and oxygen atoms in total. The Morgan fingerprint density at radius 2 is 1.48 bits per heavy atom. The molecule has 0 spiro atoms. The summed E-state index contributed by atoms with van der Waals surface area (Å²) >= 11 is 0. The van der Waals surface area contributed by atoms with Crippen molar-refractivity contribution in [2.24, 2.45) is 23.7 Å². The molecule has 2 heterocycles. The topological polar surface area (TPSA) is 69.7 Å². The molecule has 1 saturated carbocycles. The molecule has 2 bridgehead atoms. The highest BCUT2D eigenvalue weighted by atomic mass is 16.2. The number of amides is 4. The fourth-order valence-electron chi connectivity index (χ4n) is 5.48. The van der Waals surface area contributed by atoms with Crippen LogP contribution in [0.4, 0.5) is 10.5 Å². The van der Waals surface area contributed by atoms with E-state index in [1.165, 1.54) is 11.3 Å². The van der Waals surface area contributed by atoms with Crippen molar-refractivity contribution in [2.45, 2.75) is 38.6 Å². The number of hydrogen-bond donors (Lipinski definition) is 1. The van der Waals surface area contributed by atoms with Crippen molar-refractivity contribution in [3.8, 4) is 0 Å². The fourth-order valence-corrected chi connectivity index (χ4v) is 5.48. The number of fused-ring (bicyclic) bond motifs is 1. The minimum absolute atomic E-state index is 0.0225. The minimum Gasteiger partial charge on any atom is -0.334 e. The number of piperidine rings is 1. The molecule has 1 N–H and O–H groups in total. The Morgan fingerprint density at radius 1 is 0.897 bits per heavy atom. The molecule has 6 rings (SSSR count). The van der Waals surface area contributed by atoms with Gasteiger partial charge < -0.3 is 10.2 Å². The van der Waals surface area contributed by atoms with Crippen LogP contribution in [-0.2, 0) is 16.1 Å². The summed E-state index contributed by atoms with van der Waals surface area (Å²) in [7, 11) is 0. The SMILES string of the molecule is O=C(NCc1ccc(N2C(=O)C3C4C=CC(CC4)C3C2=O)cc1)N1CCCCC1. The summed E-state index contributed by atoms with van der Waals surface area (Å²) < 4.78 is 0. The Morgan fingerprint density at radius 3 is 2.03 bits per heavy atom. The molecule has 2 aliphatic heterocycles. The standard InChI is InChI=1S/C23H27N3O3/c27-21-19-16-6-7-17(9-8-16)20(19)22(28)26(21)18-10-4-15(5-11-18)14-24-23(29)25-12-2-1-3-13-25/h4-7,10-11,16-17,19-20H,1-3,8-9,12-14H2,(H,24,29). The lowest BCUT2D eigenvalue weighted by Gasteiger charge is -2.38. The number of urea groups is 1. The van der Waals surface area contributed by atoms with E-state index in [1.807, 2.05) is 29.2 Å². The molecular weight excluding hydrogens is 366 g/mol. The van der Waals surface area contributed by atoms with Crippen LogP contribution in [0.3, 0.4) is 0 Å². The summed E-state index contributed by atoms with van der Waals surface area (Å²) in [6.07, 6.45) is 9.61. The predicted molar refractivity (Wildman–Crippen MR) is 109 cm³/mol. The molecule has 4 amide bonds. The monoisotopic (exact) mass is 393 g/mol. The van der Waals surface area contributed by atoms with Crippen molar-refractivity contribution >= 4 is 23.5 Å². The van der Waals surface area contributed by atoms with Crippen molar-refractivity contribution in [1.82, 2.24) is 10.2 Å². The Kier molecular flexibility index (Phi) is 4.64. The van der Waals surface area contributed by atoms with Gasteiger partial charge in [0.25, 0.3) is 0 Å². The summed E-state index contributed by atoms with van der Waals surface area (Å²) in [5.74, 6) is -0.0636. The van der Waals surface area contributed by atoms with Gasteiger partial charge in [0.2, 0.25) is 11.8 Å². The largest absolute Gasteiger partial charge is 0.334 e. The number of rotatable bonds is 3. The van der Waals surface area contributed by atoms with Gasteiger partial charge in [0, 0.05) is 19.6 Å². The first kappa shape index (κ1) is 18.4. The molecule has 3 aliphatic carbocycles. The first-order chi connectivity index (χ1) is 14.1. The number of carbonyl (C=O) groups excluding carboxylic acids is 3. The zero-order valence-electron chi connectivity index (χ0n) is 16.5. The van der Waals surface area contributed by atoms with E-state index in [-0.39, 0.29) is 41.5 Å². The Labute approximate surface area is 170 Å². The van der Waals surface area contributed by atoms with Crippen LogP contribution in [0.25, 0.3) is 0 Å². The van der Waals surface area contributed by atoms with Crippen molar-refractivity contribution in [1.29, 1.82) is 0 Å². The predicted octanol–water partition coefficient (Wildman–Crippen LogP) is 3.08. The summed E-state index contributed by atoms with van der Waals surface area (Å²) in [6, 6.07) is 7.41. The number of carbonyl (C=O) groups is 3. The second-order valence-electron chi connectivity index (χ2n) is 8.73. The molecular formula is C23H27N3O3. The molecule has 6 heteroatoms. The first-order valence-corrected chi connectivity index (χ1v) is 10.8. The highest BCUT2D eigenvalue weighted by molar-refractivity contribution is 6.22. The number of allylic oxidation sites excluding steroid dienone is 2. The van der Waals surface area contributed by atoms with Gasteiger partial charge in [-0.2, -0.15) is 0 Å². The van der Waals surface area contributed by atoms with E-state index in [1.54, 1.807) is 0 Å².